The van der Waals surface area contributed by atoms with Gasteiger partial charge in [-0.25, -0.2) is 16.8 Å². The Morgan fingerprint density at radius 3 is 1.84 bits per heavy atom. The molecule has 0 radical (unpaired) electrons. The summed E-state index contributed by atoms with van der Waals surface area (Å²) >= 11 is 0. The number of para-hydroxylation sites is 2. The summed E-state index contributed by atoms with van der Waals surface area (Å²) in [6, 6.07) is 29.5. The highest BCUT2D eigenvalue weighted by Gasteiger charge is 2.21. The van der Waals surface area contributed by atoms with Crippen molar-refractivity contribution in [3.8, 4) is 11.5 Å². The lowest BCUT2D eigenvalue weighted by molar-refractivity contribution is -0.114. The normalized spacial score (nSPS) is 11.4. The molecule has 4 aromatic carbocycles. The molecule has 196 valence electrons. The van der Waals surface area contributed by atoms with Crippen LogP contribution in [0.25, 0.3) is 0 Å². The SMILES string of the molecule is CS(=O)(=O)N(CC(=O)Nc1ccc(S(=O)(=O)Nc2ccccc2)cc1)c1ccc(Oc2ccccc2)cc1. The summed E-state index contributed by atoms with van der Waals surface area (Å²) in [6.07, 6.45) is 1.01. The zero-order chi connectivity index (χ0) is 27.2. The first-order valence-electron chi connectivity index (χ1n) is 11.4. The number of ether oxygens (including phenoxy) is 1. The molecule has 0 heterocycles. The van der Waals surface area contributed by atoms with E-state index in [4.69, 9.17) is 4.74 Å². The van der Waals surface area contributed by atoms with Gasteiger partial charge in [-0.3, -0.25) is 13.8 Å². The van der Waals surface area contributed by atoms with E-state index in [9.17, 15) is 21.6 Å². The third-order valence-electron chi connectivity index (χ3n) is 5.27. The van der Waals surface area contributed by atoms with Gasteiger partial charge in [-0.2, -0.15) is 0 Å². The fourth-order valence-electron chi connectivity index (χ4n) is 3.47. The van der Waals surface area contributed by atoms with Crippen LogP contribution in [0.1, 0.15) is 0 Å². The van der Waals surface area contributed by atoms with Crippen LogP contribution in [0.4, 0.5) is 17.1 Å². The number of hydrogen-bond donors (Lipinski definition) is 2. The monoisotopic (exact) mass is 551 g/mol. The van der Waals surface area contributed by atoms with Gasteiger partial charge in [0.05, 0.1) is 16.8 Å². The van der Waals surface area contributed by atoms with E-state index < -0.39 is 32.5 Å². The van der Waals surface area contributed by atoms with Gasteiger partial charge in [0, 0.05) is 11.4 Å². The maximum atomic E-state index is 12.7. The molecule has 0 fully saturated rings. The van der Waals surface area contributed by atoms with Gasteiger partial charge >= 0.3 is 0 Å². The maximum absolute atomic E-state index is 12.7. The molecule has 0 aromatic heterocycles. The summed E-state index contributed by atoms with van der Waals surface area (Å²) in [4.78, 5) is 12.7. The number of rotatable bonds is 10. The van der Waals surface area contributed by atoms with Gasteiger partial charge in [0.15, 0.2) is 0 Å². The lowest BCUT2D eigenvalue weighted by atomic mass is 10.3. The van der Waals surface area contributed by atoms with E-state index in [-0.39, 0.29) is 10.6 Å². The second kappa shape index (κ2) is 11.4. The molecule has 4 rings (SSSR count). The van der Waals surface area contributed by atoms with Gasteiger partial charge in [-0.05, 0) is 72.8 Å². The van der Waals surface area contributed by atoms with Gasteiger partial charge in [-0.15, -0.1) is 0 Å². The number of amides is 1. The van der Waals surface area contributed by atoms with Crippen molar-refractivity contribution >= 4 is 43.0 Å². The van der Waals surface area contributed by atoms with Crippen molar-refractivity contribution in [2.45, 2.75) is 4.90 Å². The van der Waals surface area contributed by atoms with Crippen LogP contribution in [0.15, 0.2) is 114 Å². The number of hydrogen-bond acceptors (Lipinski definition) is 6. The van der Waals surface area contributed by atoms with E-state index in [1.807, 2.05) is 18.2 Å². The van der Waals surface area contributed by atoms with Crippen LogP contribution < -0.4 is 19.1 Å². The Kier molecular flexibility index (Phi) is 7.99. The highest BCUT2D eigenvalue weighted by molar-refractivity contribution is 7.92. The van der Waals surface area contributed by atoms with Crippen LogP contribution in [-0.2, 0) is 24.8 Å². The molecular weight excluding hydrogens is 526 g/mol. The Morgan fingerprint density at radius 1 is 0.711 bits per heavy atom. The minimum absolute atomic E-state index is 0.00919. The molecule has 1 amide bonds. The highest BCUT2D eigenvalue weighted by atomic mass is 32.2. The minimum atomic E-state index is -3.82. The predicted octanol–water partition coefficient (Wildman–Crippen LogP) is 4.68. The Bertz CT molecular complexity index is 1590. The molecule has 0 unspecified atom stereocenters. The molecule has 4 aromatic rings. The molecule has 0 aliphatic carbocycles. The first-order valence-corrected chi connectivity index (χ1v) is 14.7. The first kappa shape index (κ1) is 26.7. The van der Waals surface area contributed by atoms with Crippen LogP contribution >= 0.6 is 0 Å². The van der Waals surface area contributed by atoms with Crippen LogP contribution in [0.5, 0.6) is 11.5 Å². The van der Waals surface area contributed by atoms with Gasteiger partial charge in [0.2, 0.25) is 15.9 Å². The van der Waals surface area contributed by atoms with Crippen molar-refractivity contribution in [2.24, 2.45) is 0 Å². The van der Waals surface area contributed by atoms with E-state index in [2.05, 4.69) is 10.0 Å². The highest BCUT2D eigenvalue weighted by Crippen LogP contribution is 2.26. The van der Waals surface area contributed by atoms with Crippen LogP contribution in [0.2, 0.25) is 0 Å². The maximum Gasteiger partial charge on any atom is 0.261 e. The standard InChI is InChI=1S/C27H25N3O6S2/c1-37(32,33)30(23-14-16-25(17-15-23)36-24-10-6-3-7-11-24)20-27(31)28-21-12-18-26(19-13-21)38(34,35)29-22-8-4-2-5-9-22/h2-19,29H,20H2,1H3,(H,28,31). The van der Waals surface area contributed by atoms with Crippen molar-refractivity contribution in [3.63, 3.8) is 0 Å². The molecule has 0 spiro atoms. The summed E-state index contributed by atoms with van der Waals surface area (Å²) in [5.41, 5.74) is 1.02. The number of benzene rings is 4. The number of sulfonamides is 2. The fraction of sp³-hybridized carbons (Fsp3) is 0.0741. The quantitative estimate of drug-likeness (QED) is 0.295. The van der Waals surface area contributed by atoms with Crippen LogP contribution in [0.3, 0.4) is 0 Å². The average Bonchev–Trinajstić information content (AvgIpc) is 2.88. The molecule has 0 saturated carbocycles. The van der Waals surface area contributed by atoms with E-state index in [0.29, 0.717) is 22.9 Å². The van der Waals surface area contributed by atoms with Crippen molar-refractivity contribution in [1.29, 1.82) is 0 Å². The van der Waals surface area contributed by atoms with Crippen LogP contribution in [0, 0.1) is 0 Å². The second-order valence-electron chi connectivity index (χ2n) is 8.22. The average molecular weight is 552 g/mol. The van der Waals surface area contributed by atoms with Gasteiger partial charge in [0.1, 0.15) is 18.0 Å². The Morgan fingerprint density at radius 2 is 1.26 bits per heavy atom. The molecule has 0 bridgehead atoms. The molecular formula is C27H25N3O6S2. The predicted molar refractivity (Wildman–Crippen MR) is 147 cm³/mol. The third kappa shape index (κ3) is 7.11. The summed E-state index contributed by atoms with van der Waals surface area (Å²) < 4.78 is 59.2. The minimum Gasteiger partial charge on any atom is -0.457 e. The lowest BCUT2D eigenvalue weighted by Gasteiger charge is -2.22. The van der Waals surface area contributed by atoms with E-state index in [1.165, 1.54) is 24.3 Å². The van der Waals surface area contributed by atoms with Gasteiger partial charge < -0.3 is 10.1 Å². The Labute approximate surface area is 221 Å². The lowest BCUT2D eigenvalue weighted by Crippen LogP contribution is -2.37. The fourth-order valence-corrected chi connectivity index (χ4v) is 5.39. The largest absolute Gasteiger partial charge is 0.457 e. The Hall–Kier alpha value is -4.35. The molecule has 0 atom stereocenters. The smallest absolute Gasteiger partial charge is 0.261 e. The molecule has 0 aliphatic heterocycles. The molecule has 9 nitrogen and oxygen atoms in total. The van der Waals surface area contributed by atoms with Crippen LogP contribution in [-0.4, -0.2) is 35.5 Å². The summed E-state index contributed by atoms with van der Waals surface area (Å²) in [6.45, 7) is -0.479. The Balaban J connectivity index is 1.42. The van der Waals surface area contributed by atoms with Gasteiger partial charge in [-0.1, -0.05) is 36.4 Å². The zero-order valence-corrected chi connectivity index (χ0v) is 21.9. The van der Waals surface area contributed by atoms with E-state index in [1.54, 1.807) is 66.7 Å². The van der Waals surface area contributed by atoms with Crippen molar-refractivity contribution in [1.82, 2.24) is 0 Å². The number of anilines is 3. The number of nitrogens with one attached hydrogen (secondary N) is 2. The summed E-state index contributed by atoms with van der Waals surface area (Å²) in [7, 11) is -7.61. The zero-order valence-electron chi connectivity index (χ0n) is 20.3. The summed E-state index contributed by atoms with van der Waals surface area (Å²) in [5, 5.41) is 2.60. The topological polar surface area (TPSA) is 122 Å². The van der Waals surface area contributed by atoms with Crippen molar-refractivity contribution in [2.75, 3.05) is 27.1 Å². The van der Waals surface area contributed by atoms with E-state index >= 15 is 0 Å². The number of carbonyl (C=O) groups is 1. The number of carbonyl (C=O) groups excluding carboxylic acids is 1. The second-order valence-corrected chi connectivity index (χ2v) is 11.8. The van der Waals surface area contributed by atoms with Crippen molar-refractivity contribution < 1.29 is 26.4 Å². The van der Waals surface area contributed by atoms with E-state index in [0.717, 1.165) is 10.6 Å². The third-order valence-corrected chi connectivity index (χ3v) is 7.80. The molecule has 2 N–H and O–H groups in total. The first-order chi connectivity index (χ1) is 18.1. The van der Waals surface area contributed by atoms with Crippen molar-refractivity contribution in [3.05, 3.63) is 109 Å². The molecule has 11 heteroatoms. The number of nitrogens with zero attached hydrogens (tertiary/aromatic N) is 1. The summed E-state index contributed by atoms with van der Waals surface area (Å²) in [5.74, 6) is 0.543. The molecule has 0 aliphatic rings. The molecule has 38 heavy (non-hydrogen) atoms. The van der Waals surface area contributed by atoms with Gasteiger partial charge in [0.25, 0.3) is 10.0 Å². The molecule has 0 saturated heterocycles.